The fourth-order valence-corrected chi connectivity index (χ4v) is 3.51. The molecular formula is C16H19N3O2S. The molecule has 1 aliphatic rings. The van der Waals surface area contributed by atoms with Gasteiger partial charge >= 0.3 is 0 Å². The van der Waals surface area contributed by atoms with Gasteiger partial charge in [0.05, 0.1) is 11.4 Å². The summed E-state index contributed by atoms with van der Waals surface area (Å²) in [6, 6.07) is 8.04. The van der Waals surface area contributed by atoms with Crippen LogP contribution in [0.5, 0.6) is 0 Å². The van der Waals surface area contributed by atoms with Crippen LogP contribution in [0.15, 0.2) is 24.3 Å². The Bertz CT molecular complexity index is 697. The molecule has 0 aliphatic carbocycles. The highest BCUT2D eigenvalue weighted by atomic mass is 32.2. The van der Waals surface area contributed by atoms with E-state index in [0.29, 0.717) is 6.61 Å². The van der Waals surface area contributed by atoms with Gasteiger partial charge in [-0.25, -0.2) is 4.68 Å². The lowest BCUT2D eigenvalue weighted by Gasteiger charge is -2.12. The first kappa shape index (κ1) is 15.1. The Kier molecular flexibility index (Phi) is 4.49. The summed E-state index contributed by atoms with van der Waals surface area (Å²) in [5.41, 5.74) is 4.29. The van der Waals surface area contributed by atoms with Gasteiger partial charge in [-0.05, 0) is 25.5 Å². The molecule has 116 valence electrons. The third-order valence-corrected chi connectivity index (χ3v) is 4.56. The van der Waals surface area contributed by atoms with E-state index < -0.39 is 0 Å². The van der Waals surface area contributed by atoms with Crippen LogP contribution in [0, 0.1) is 6.92 Å². The molecule has 5 nitrogen and oxygen atoms in total. The average Bonchev–Trinajstić information content (AvgIpc) is 3.08. The molecule has 0 fully saturated rings. The molecule has 1 aliphatic heterocycles. The molecule has 0 atom stereocenters. The van der Waals surface area contributed by atoms with Crippen LogP contribution in [0.3, 0.4) is 0 Å². The molecule has 1 aromatic heterocycles. The summed E-state index contributed by atoms with van der Waals surface area (Å²) < 4.78 is 7.04. The van der Waals surface area contributed by atoms with Gasteiger partial charge in [0.15, 0.2) is 0 Å². The summed E-state index contributed by atoms with van der Waals surface area (Å²) in [6.45, 7) is 4.51. The number of thioether (sulfide) groups is 1. The van der Waals surface area contributed by atoms with Crippen LogP contribution in [0.1, 0.15) is 23.7 Å². The van der Waals surface area contributed by atoms with Crippen molar-refractivity contribution in [2.45, 2.75) is 25.4 Å². The largest absolute Gasteiger partial charge is 0.372 e. The number of aryl methyl sites for hydroxylation is 1. The number of hydrogen-bond donors (Lipinski definition) is 1. The second-order valence-electron chi connectivity index (χ2n) is 5.15. The Morgan fingerprint density at radius 1 is 1.41 bits per heavy atom. The van der Waals surface area contributed by atoms with Crippen molar-refractivity contribution in [2.75, 3.05) is 18.5 Å². The van der Waals surface area contributed by atoms with Gasteiger partial charge in [0, 0.05) is 23.7 Å². The zero-order valence-electron chi connectivity index (χ0n) is 12.8. The number of rotatable bonds is 5. The van der Waals surface area contributed by atoms with Gasteiger partial charge < -0.3 is 10.1 Å². The number of hydrogen-bond acceptors (Lipinski definition) is 4. The summed E-state index contributed by atoms with van der Waals surface area (Å²) in [6.07, 6.45) is 0. The lowest BCUT2D eigenvalue weighted by Crippen LogP contribution is -2.21. The molecule has 0 saturated heterocycles. The average molecular weight is 317 g/mol. The van der Waals surface area contributed by atoms with Crippen molar-refractivity contribution in [1.82, 2.24) is 9.78 Å². The fraction of sp³-hybridized carbons (Fsp3) is 0.375. The Hall–Kier alpha value is -1.79. The normalized spacial score (nSPS) is 13.2. The number of amides is 1. The van der Waals surface area contributed by atoms with Crippen LogP contribution in [-0.4, -0.2) is 28.9 Å². The van der Waals surface area contributed by atoms with E-state index in [4.69, 9.17) is 9.84 Å². The third kappa shape index (κ3) is 2.89. The highest BCUT2D eigenvalue weighted by Crippen LogP contribution is 2.36. The predicted molar refractivity (Wildman–Crippen MR) is 88.4 cm³/mol. The molecule has 3 rings (SSSR count). The number of nitrogens with one attached hydrogen (secondary N) is 1. The number of fused-ring (bicyclic) bond motifs is 1. The summed E-state index contributed by atoms with van der Waals surface area (Å²) in [7, 11) is 0. The number of benzene rings is 1. The number of para-hydroxylation sites is 1. The molecule has 22 heavy (non-hydrogen) atoms. The number of nitrogens with zero attached hydrogens (tertiary/aromatic N) is 2. The summed E-state index contributed by atoms with van der Waals surface area (Å²) in [5.74, 6) is 2.41. The van der Waals surface area contributed by atoms with Gasteiger partial charge in [-0.3, -0.25) is 4.79 Å². The Morgan fingerprint density at radius 3 is 3.00 bits per heavy atom. The second kappa shape index (κ2) is 6.54. The van der Waals surface area contributed by atoms with E-state index in [-0.39, 0.29) is 12.5 Å². The van der Waals surface area contributed by atoms with Gasteiger partial charge in [-0.2, -0.15) is 16.9 Å². The molecule has 0 spiro atoms. The van der Waals surface area contributed by atoms with Gasteiger partial charge in [0.25, 0.3) is 5.91 Å². The minimum absolute atomic E-state index is 0.0668. The topological polar surface area (TPSA) is 56.1 Å². The van der Waals surface area contributed by atoms with E-state index in [2.05, 4.69) is 5.32 Å². The highest BCUT2D eigenvalue weighted by molar-refractivity contribution is 7.98. The van der Waals surface area contributed by atoms with Crippen molar-refractivity contribution in [2.24, 2.45) is 0 Å². The van der Waals surface area contributed by atoms with Crippen LogP contribution in [0.25, 0.3) is 5.69 Å². The number of ether oxygens (including phenoxy) is 1. The third-order valence-electron chi connectivity index (χ3n) is 3.59. The maximum atomic E-state index is 12.1. The van der Waals surface area contributed by atoms with Crippen molar-refractivity contribution in [1.29, 1.82) is 0 Å². The molecule has 6 heteroatoms. The number of anilines is 1. The molecule has 0 radical (unpaired) electrons. The Labute approximate surface area is 134 Å². The van der Waals surface area contributed by atoms with Crippen LogP contribution in [-0.2, 0) is 21.0 Å². The monoisotopic (exact) mass is 317 g/mol. The van der Waals surface area contributed by atoms with E-state index in [1.807, 2.05) is 54.6 Å². The summed E-state index contributed by atoms with van der Waals surface area (Å²) in [4.78, 5) is 12.1. The number of aromatic nitrogens is 2. The van der Waals surface area contributed by atoms with Crippen molar-refractivity contribution in [3.63, 3.8) is 0 Å². The number of carbonyl (C=O) groups is 1. The molecule has 1 N–H and O–H groups in total. The maximum absolute atomic E-state index is 12.1. The minimum Gasteiger partial charge on any atom is -0.372 e. The molecule has 0 bridgehead atoms. The molecule has 1 aromatic carbocycles. The van der Waals surface area contributed by atoms with Gasteiger partial charge in [-0.1, -0.05) is 18.2 Å². The van der Waals surface area contributed by atoms with Crippen molar-refractivity contribution in [3.8, 4) is 5.69 Å². The second-order valence-corrected chi connectivity index (χ2v) is 6.14. The Balaban J connectivity index is 1.97. The molecule has 0 unspecified atom stereocenters. The van der Waals surface area contributed by atoms with E-state index in [9.17, 15) is 4.79 Å². The van der Waals surface area contributed by atoms with E-state index >= 15 is 0 Å². The molecule has 1 amide bonds. The van der Waals surface area contributed by atoms with Gasteiger partial charge in [0.2, 0.25) is 0 Å². The van der Waals surface area contributed by atoms with E-state index in [0.717, 1.165) is 39.8 Å². The molecule has 2 aromatic rings. The Morgan fingerprint density at radius 2 is 2.23 bits per heavy atom. The number of carbonyl (C=O) groups excluding carboxylic acids is 1. The molecule has 2 heterocycles. The zero-order chi connectivity index (χ0) is 15.5. The van der Waals surface area contributed by atoms with E-state index in [1.54, 1.807) is 0 Å². The van der Waals surface area contributed by atoms with Crippen LogP contribution < -0.4 is 5.32 Å². The maximum Gasteiger partial charge on any atom is 0.251 e. The lowest BCUT2D eigenvalue weighted by molar-refractivity contribution is -0.120. The van der Waals surface area contributed by atoms with Crippen LogP contribution in [0.4, 0.5) is 5.82 Å². The van der Waals surface area contributed by atoms with Crippen molar-refractivity contribution < 1.29 is 9.53 Å². The quantitative estimate of drug-likeness (QED) is 0.921. The highest BCUT2D eigenvalue weighted by Gasteiger charge is 2.25. The van der Waals surface area contributed by atoms with Gasteiger partial charge in [-0.15, -0.1) is 0 Å². The summed E-state index contributed by atoms with van der Waals surface area (Å²) >= 11 is 1.82. The lowest BCUT2D eigenvalue weighted by atomic mass is 10.2. The van der Waals surface area contributed by atoms with Crippen molar-refractivity contribution in [3.05, 3.63) is 41.1 Å². The smallest absolute Gasteiger partial charge is 0.251 e. The molecular weight excluding hydrogens is 298 g/mol. The van der Waals surface area contributed by atoms with Gasteiger partial charge in [0.1, 0.15) is 12.4 Å². The van der Waals surface area contributed by atoms with Crippen LogP contribution in [0.2, 0.25) is 0 Å². The fourth-order valence-electron chi connectivity index (χ4n) is 2.48. The van der Waals surface area contributed by atoms with Crippen molar-refractivity contribution >= 4 is 23.5 Å². The van der Waals surface area contributed by atoms with E-state index in [1.165, 1.54) is 0 Å². The zero-order valence-corrected chi connectivity index (χ0v) is 13.6. The minimum atomic E-state index is -0.142. The first-order valence-electron chi connectivity index (χ1n) is 7.32. The SMILES string of the molecule is CCOCC(=O)Nc1c2c(nn1-c1ccccc1C)CSC2. The standard InChI is InChI=1S/C16H19N3O2S/c1-3-21-8-15(20)17-16-12-9-22-10-13(12)18-19(16)14-7-5-4-6-11(14)2/h4-7H,3,8-10H2,1-2H3,(H,17,20). The first-order chi connectivity index (χ1) is 10.7. The predicted octanol–water partition coefficient (Wildman–Crippen LogP) is 2.90. The summed E-state index contributed by atoms with van der Waals surface area (Å²) in [5, 5.41) is 7.67. The van der Waals surface area contributed by atoms with Crippen LogP contribution >= 0.6 is 11.8 Å². The first-order valence-corrected chi connectivity index (χ1v) is 8.48. The molecule has 0 saturated carbocycles.